The predicted molar refractivity (Wildman–Crippen MR) is 110 cm³/mol. The van der Waals surface area contributed by atoms with Gasteiger partial charge in [0.25, 0.3) is 5.91 Å². The van der Waals surface area contributed by atoms with Crippen LogP contribution < -0.4 is 5.32 Å². The number of carbonyl (C=O) groups is 1. The zero-order valence-corrected chi connectivity index (χ0v) is 17.1. The molecule has 0 fully saturated rings. The lowest BCUT2D eigenvalue weighted by Gasteiger charge is -2.10. The van der Waals surface area contributed by atoms with Crippen molar-refractivity contribution in [3.8, 4) is 0 Å². The van der Waals surface area contributed by atoms with Gasteiger partial charge < -0.3 is 19.0 Å². The SMILES string of the molecule is COCCn1c(C(=O)NCCCn2ncc3ccccc32)cc2oc(Br)cc21. The molecule has 0 unspecified atom stereocenters. The van der Waals surface area contributed by atoms with Crippen LogP contribution >= 0.6 is 15.9 Å². The molecule has 1 N–H and O–H groups in total. The number of methoxy groups -OCH3 is 1. The maximum Gasteiger partial charge on any atom is 0.268 e. The van der Waals surface area contributed by atoms with Crippen LogP contribution in [-0.4, -0.2) is 40.5 Å². The van der Waals surface area contributed by atoms with Gasteiger partial charge in [-0.3, -0.25) is 9.48 Å². The highest BCUT2D eigenvalue weighted by molar-refractivity contribution is 9.10. The van der Waals surface area contributed by atoms with Crippen LogP contribution in [0.3, 0.4) is 0 Å². The van der Waals surface area contributed by atoms with Gasteiger partial charge in [-0.15, -0.1) is 0 Å². The largest absolute Gasteiger partial charge is 0.448 e. The van der Waals surface area contributed by atoms with E-state index in [2.05, 4.69) is 32.4 Å². The number of para-hydroxylation sites is 1. The molecule has 1 amide bonds. The van der Waals surface area contributed by atoms with E-state index in [4.69, 9.17) is 9.15 Å². The molecule has 0 spiro atoms. The lowest BCUT2D eigenvalue weighted by molar-refractivity contribution is 0.0941. The van der Waals surface area contributed by atoms with E-state index in [1.54, 1.807) is 13.2 Å². The molecule has 146 valence electrons. The smallest absolute Gasteiger partial charge is 0.268 e. The van der Waals surface area contributed by atoms with Crippen molar-refractivity contribution >= 4 is 43.8 Å². The second kappa shape index (κ2) is 8.20. The number of hydrogen-bond donors (Lipinski definition) is 1. The van der Waals surface area contributed by atoms with Crippen LogP contribution in [0.2, 0.25) is 0 Å². The fraction of sp³-hybridized carbons (Fsp3) is 0.300. The summed E-state index contributed by atoms with van der Waals surface area (Å²) in [6.07, 6.45) is 2.65. The van der Waals surface area contributed by atoms with E-state index < -0.39 is 0 Å². The summed E-state index contributed by atoms with van der Waals surface area (Å²) < 4.78 is 15.3. The molecule has 0 aliphatic carbocycles. The van der Waals surface area contributed by atoms with E-state index in [9.17, 15) is 4.79 Å². The predicted octanol–water partition coefficient (Wildman–Crippen LogP) is 3.81. The van der Waals surface area contributed by atoms with Crippen molar-refractivity contribution < 1.29 is 13.9 Å². The fourth-order valence-electron chi connectivity index (χ4n) is 3.35. The summed E-state index contributed by atoms with van der Waals surface area (Å²) in [5, 5.41) is 8.54. The molecule has 8 heteroatoms. The molecule has 0 aliphatic rings. The number of halogens is 1. The van der Waals surface area contributed by atoms with E-state index in [-0.39, 0.29) is 5.91 Å². The van der Waals surface area contributed by atoms with Gasteiger partial charge in [0, 0.05) is 44.3 Å². The van der Waals surface area contributed by atoms with Gasteiger partial charge >= 0.3 is 0 Å². The van der Waals surface area contributed by atoms with Crippen molar-refractivity contribution in [3.63, 3.8) is 0 Å². The molecule has 0 atom stereocenters. The molecule has 0 saturated heterocycles. The monoisotopic (exact) mass is 444 g/mol. The van der Waals surface area contributed by atoms with Gasteiger partial charge in [0.1, 0.15) is 5.69 Å². The van der Waals surface area contributed by atoms with Crippen molar-refractivity contribution in [3.05, 3.63) is 53.0 Å². The van der Waals surface area contributed by atoms with E-state index in [0.717, 1.165) is 29.4 Å². The first kappa shape index (κ1) is 18.8. The van der Waals surface area contributed by atoms with Crippen LogP contribution in [0.15, 0.2) is 51.7 Å². The summed E-state index contributed by atoms with van der Waals surface area (Å²) in [4.78, 5) is 12.7. The Morgan fingerprint density at radius 2 is 2.11 bits per heavy atom. The van der Waals surface area contributed by atoms with Crippen LogP contribution in [0, 0.1) is 0 Å². The number of aryl methyl sites for hydroxylation is 1. The van der Waals surface area contributed by atoms with E-state index in [1.807, 2.05) is 39.7 Å². The normalized spacial score (nSPS) is 11.5. The second-order valence-corrected chi connectivity index (χ2v) is 7.29. The first-order valence-electron chi connectivity index (χ1n) is 9.13. The number of fused-ring (bicyclic) bond motifs is 2. The Morgan fingerprint density at radius 3 is 2.96 bits per heavy atom. The molecule has 4 aromatic rings. The van der Waals surface area contributed by atoms with Gasteiger partial charge in [0.2, 0.25) is 0 Å². The molecule has 0 saturated carbocycles. The van der Waals surface area contributed by atoms with Crippen LogP contribution in [0.4, 0.5) is 0 Å². The third-order valence-corrected chi connectivity index (χ3v) is 5.09. The highest BCUT2D eigenvalue weighted by Gasteiger charge is 2.18. The van der Waals surface area contributed by atoms with Crippen LogP contribution in [0.25, 0.3) is 22.0 Å². The third-order valence-electron chi connectivity index (χ3n) is 4.69. The first-order chi connectivity index (χ1) is 13.7. The zero-order chi connectivity index (χ0) is 19.5. The Kier molecular flexibility index (Phi) is 5.50. The summed E-state index contributed by atoms with van der Waals surface area (Å²) >= 11 is 3.33. The van der Waals surface area contributed by atoms with E-state index in [1.165, 1.54) is 0 Å². The molecule has 4 rings (SSSR count). The number of benzene rings is 1. The molecule has 0 bridgehead atoms. The van der Waals surface area contributed by atoms with Crippen molar-refractivity contribution in [2.75, 3.05) is 20.3 Å². The fourth-order valence-corrected chi connectivity index (χ4v) is 3.74. The van der Waals surface area contributed by atoms with Gasteiger partial charge in [-0.05, 0) is 28.4 Å². The minimum Gasteiger partial charge on any atom is -0.448 e. The van der Waals surface area contributed by atoms with Crippen LogP contribution in [0.5, 0.6) is 0 Å². The van der Waals surface area contributed by atoms with Gasteiger partial charge in [-0.25, -0.2) is 0 Å². The number of rotatable bonds is 8. The molecule has 1 aromatic carbocycles. The third kappa shape index (κ3) is 3.70. The van der Waals surface area contributed by atoms with Gasteiger partial charge in [0.15, 0.2) is 10.3 Å². The molecular weight excluding hydrogens is 424 g/mol. The maximum absolute atomic E-state index is 12.7. The number of furan rings is 1. The highest BCUT2D eigenvalue weighted by atomic mass is 79.9. The summed E-state index contributed by atoms with van der Waals surface area (Å²) in [5.41, 5.74) is 3.23. The lowest BCUT2D eigenvalue weighted by atomic mass is 10.2. The molecule has 3 heterocycles. The zero-order valence-electron chi connectivity index (χ0n) is 15.5. The van der Waals surface area contributed by atoms with E-state index in [0.29, 0.717) is 35.6 Å². The standard InChI is InChI=1S/C20H21BrN4O3/c1-27-10-9-24-16-12-19(21)28-18(16)11-17(24)20(26)22-7-4-8-25-15-6-3-2-5-14(15)13-23-25/h2-3,5-6,11-13H,4,7-10H2,1H3,(H,22,26). The Morgan fingerprint density at radius 1 is 1.25 bits per heavy atom. The van der Waals surface area contributed by atoms with Crippen molar-refractivity contribution in [2.24, 2.45) is 0 Å². The molecular formula is C20H21BrN4O3. The summed E-state index contributed by atoms with van der Waals surface area (Å²) in [5.74, 6) is -0.121. The Hall–Kier alpha value is -2.58. The number of hydrogen-bond acceptors (Lipinski definition) is 4. The maximum atomic E-state index is 12.7. The van der Waals surface area contributed by atoms with Crippen LogP contribution in [-0.2, 0) is 17.8 Å². The van der Waals surface area contributed by atoms with Crippen molar-refractivity contribution in [2.45, 2.75) is 19.5 Å². The van der Waals surface area contributed by atoms with Crippen LogP contribution in [0.1, 0.15) is 16.9 Å². The molecule has 0 radical (unpaired) electrons. The number of nitrogens with one attached hydrogen (secondary N) is 1. The van der Waals surface area contributed by atoms with Gasteiger partial charge in [-0.2, -0.15) is 5.10 Å². The number of aromatic nitrogens is 3. The van der Waals surface area contributed by atoms with E-state index >= 15 is 0 Å². The molecule has 3 aromatic heterocycles. The van der Waals surface area contributed by atoms with Crippen molar-refractivity contribution in [1.29, 1.82) is 0 Å². The van der Waals surface area contributed by atoms with Crippen molar-refractivity contribution in [1.82, 2.24) is 19.7 Å². The Labute approximate surface area is 170 Å². The van der Waals surface area contributed by atoms with Gasteiger partial charge in [-0.1, -0.05) is 18.2 Å². The minimum atomic E-state index is -0.121. The second-order valence-electron chi connectivity index (χ2n) is 6.51. The first-order valence-corrected chi connectivity index (χ1v) is 9.93. The molecule has 0 aliphatic heterocycles. The minimum absolute atomic E-state index is 0.121. The molecule has 28 heavy (non-hydrogen) atoms. The quantitative estimate of drug-likeness (QED) is 0.419. The topological polar surface area (TPSA) is 74.2 Å². The van der Waals surface area contributed by atoms with Gasteiger partial charge in [0.05, 0.1) is 23.8 Å². The lowest BCUT2D eigenvalue weighted by Crippen LogP contribution is -2.28. The Bertz CT molecular complexity index is 1110. The number of nitrogens with zero attached hydrogens (tertiary/aromatic N) is 3. The highest BCUT2D eigenvalue weighted by Crippen LogP contribution is 2.27. The number of ether oxygens (including phenoxy) is 1. The summed E-state index contributed by atoms with van der Waals surface area (Å²) in [6, 6.07) is 11.7. The number of amides is 1. The summed E-state index contributed by atoms with van der Waals surface area (Å²) in [6.45, 7) is 2.40. The average Bonchev–Trinajstić information content (AvgIpc) is 3.36. The summed E-state index contributed by atoms with van der Waals surface area (Å²) in [7, 11) is 1.64. The molecule has 7 nitrogen and oxygen atoms in total. The average molecular weight is 445 g/mol. The number of carbonyl (C=O) groups excluding carboxylic acids is 1. The Balaban J connectivity index is 1.40.